The van der Waals surface area contributed by atoms with E-state index in [-0.39, 0.29) is 17.0 Å². The molecule has 1 aromatic carbocycles. The smallest absolute Gasteiger partial charge is 0.241 e. The van der Waals surface area contributed by atoms with E-state index in [0.29, 0.717) is 24.0 Å². The van der Waals surface area contributed by atoms with Crippen LogP contribution in [0.15, 0.2) is 41.4 Å². The van der Waals surface area contributed by atoms with Crippen LogP contribution in [0.4, 0.5) is 0 Å². The minimum absolute atomic E-state index is 0.159. The Kier molecular flexibility index (Phi) is 3.90. The second-order valence-electron chi connectivity index (χ2n) is 4.99. The number of methoxy groups -OCH3 is 1. The van der Waals surface area contributed by atoms with Crippen LogP contribution in [0.5, 0.6) is 0 Å². The van der Waals surface area contributed by atoms with Crippen molar-refractivity contribution in [2.45, 2.75) is 17.0 Å². The van der Waals surface area contributed by atoms with Crippen LogP contribution in [0.2, 0.25) is 0 Å². The lowest BCUT2D eigenvalue weighted by Crippen LogP contribution is -2.43. The SMILES string of the molecule is CO[C@H]1CNCC1NS(=O)(=O)c1cccc2ncccc12. The molecule has 0 spiro atoms. The zero-order valence-corrected chi connectivity index (χ0v) is 12.4. The van der Waals surface area contributed by atoms with E-state index in [1.807, 2.05) is 0 Å². The molecule has 1 unspecified atom stereocenters. The van der Waals surface area contributed by atoms with Gasteiger partial charge in [0.05, 0.1) is 22.6 Å². The third kappa shape index (κ3) is 2.77. The zero-order valence-electron chi connectivity index (χ0n) is 11.6. The van der Waals surface area contributed by atoms with Crippen LogP contribution in [0, 0.1) is 0 Å². The number of benzene rings is 1. The number of ether oxygens (including phenoxy) is 1. The van der Waals surface area contributed by atoms with Crippen molar-refractivity contribution in [2.75, 3.05) is 20.2 Å². The van der Waals surface area contributed by atoms with E-state index in [2.05, 4.69) is 15.0 Å². The molecule has 7 heteroatoms. The van der Waals surface area contributed by atoms with Gasteiger partial charge in [0.1, 0.15) is 0 Å². The molecule has 0 aliphatic carbocycles. The molecular weight excluding hydrogens is 290 g/mol. The van der Waals surface area contributed by atoms with Gasteiger partial charge in [0.25, 0.3) is 0 Å². The molecule has 0 bridgehead atoms. The molecule has 2 atom stereocenters. The monoisotopic (exact) mass is 307 g/mol. The molecule has 6 nitrogen and oxygen atoms in total. The van der Waals surface area contributed by atoms with E-state index in [1.165, 1.54) is 0 Å². The average Bonchev–Trinajstić information content (AvgIpc) is 2.93. The fraction of sp³-hybridized carbons (Fsp3) is 0.357. The molecule has 0 amide bonds. The molecule has 112 valence electrons. The lowest BCUT2D eigenvalue weighted by Gasteiger charge is -2.19. The highest BCUT2D eigenvalue weighted by Crippen LogP contribution is 2.22. The summed E-state index contributed by atoms with van der Waals surface area (Å²) in [7, 11) is -2.04. The van der Waals surface area contributed by atoms with E-state index in [4.69, 9.17) is 4.74 Å². The summed E-state index contributed by atoms with van der Waals surface area (Å²) in [4.78, 5) is 4.43. The third-order valence-corrected chi connectivity index (χ3v) is 5.21. The van der Waals surface area contributed by atoms with Crippen LogP contribution >= 0.6 is 0 Å². The first-order valence-corrected chi connectivity index (χ1v) is 8.20. The first kappa shape index (κ1) is 14.4. The summed E-state index contributed by atoms with van der Waals surface area (Å²) in [6.07, 6.45) is 1.49. The predicted octanol–water partition coefficient (Wildman–Crippen LogP) is 0.500. The molecular formula is C14H17N3O3S. The summed E-state index contributed by atoms with van der Waals surface area (Å²) in [6, 6.07) is 8.31. The molecule has 1 saturated heterocycles. The van der Waals surface area contributed by atoms with Crippen molar-refractivity contribution in [3.05, 3.63) is 36.5 Å². The number of hydrogen-bond donors (Lipinski definition) is 2. The second kappa shape index (κ2) is 5.69. The largest absolute Gasteiger partial charge is 0.378 e. The highest BCUT2D eigenvalue weighted by Gasteiger charge is 2.31. The summed E-state index contributed by atoms with van der Waals surface area (Å²) in [5.74, 6) is 0. The van der Waals surface area contributed by atoms with E-state index < -0.39 is 10.0 Å². The standard InChI is InChI=1S/C14H17N3O3S/c1-20-13-9-15-8-12(13)17-21(18,19)14-6-2-5-11-10(14)4-3-7-16-11/h2-7,12-13,15,17H,8-9H2,1H3/t12?,13-/m0/s1. The Labute approximate surface area is 123 Å². The maximum atomic E-state index is 12.6. The van der Waals surface area contributed by atoms with Crippen LogP contribution in [-0.2, 0) is 14.8 Å². The van der Waals surface area contributed by atoms with Gasteiger partial charge in [0.15, 0.2) is 0 Å². The first-order valence-electron chi connectivity index (χ1n) is 6.71. The van der Waals surface area contributed by atoms with Gasteiger partial charge in [-0.25, -0.2) is 13.1 Å². The molecule has 0 radical (unpaired) electrons. The van der Waals surface area contributed by atoms with E-state index in [9.17, 15) is 8.42 Å². The Balaban J connectivity index is 1.97. The number of nitrogens with one attached hydrogen (secondary N) is 2. The van der Waals surface area contributed by atoms with Crippen molar-refractivity contribution in [3.63, 3.8) is 0 Å². The number of hydrogen-bond acceptors (Lipinski definition) is 5. The molecule has 2 N–H and O–H groups in total. The summed E-state index contributed by atoms with van der Waals surface area (Å²) in [6.45, 7) is 1.20. The number of aromatic nitrogens is 1. The molecule has 21 heavy (non-hydrogen) atoms. The summed E-state index contributed by atoms with van der Waals surface area (Å²) in [5, 5.41) is 3.74. The highest BCUT2D eigenvalue weighted by molar-refractivity contribution is 7.89. The van der Waals surface area contributed by atoms with Gasteiger partial charge in [0, 0.05) is 31.8 Å². The van der Waals surface area contributed by atoms with Gasteiger partial charge in [-0.05, 0) is 24.3 Å². The molecule has 1 aliphatic rings. The molecule has 1 aliphatic heterocycles. The van der Waals surface area contributed by atoms with Crippen molar-refractivity contribution < 1.29 is 13.2 Å². The number of pyridine rings is 1. The first-order chi connectivity index (χ1) is 10.1. The predicted molar refractivity (Wildman–Crippen MR) is 79.5 cm³/mol. The van der Waals surface area contributed by atoms with Gasteiger partial charge >= 0.3 is 0 Å². The van der Waals surface area contributed by atoms with Crippen molar-refractivity contribution in [1.29, 1.82) is 0 Å². The van der Waals surface area contributed by atoms with Crippen LogP contribution in [-0.4, -0.2) is 45.7 Å². The average molecular weight is 307 g/mol. The Morgan fingerprint density at radius 3 is 2.95 bits per heavy atom. The third-order valence-electron chi connectivity index (χ3n) is 3.66. The molecule has 2 heterocycles. The Morgan fingerprint density at radius 1 is 1.29 bits per heavy atom. The van der Waals surface area contributed by atoms with E-state index >= 15 is 0 Å². The quantitative estimate of drug-likeness (QED) is 0.860. The minimum atomic E-state index is -3.62. The molecule has 1 aromatic heterocycles. The van der Waals surface area contributed by atoms with Crippen molar-refractivity contribution >= 4 is 20.9 Å². The van der Waals surface area contributed by atoms with Gasteiger partial charge in [0.2, 0.25) is 10.0 Å². The maximum absolute atomic E-state index is 12.6. The number of nitrogens with zero attached hydrogens (tertiary/aromatic N) is 1. The number of sulfonamides is 1. The van der Waals surface area contributed by atoms with Crippen LogP contribution in [0.3, 0.4) is 0 Å². The Morgan fingerprint density at radius 2 is 2.14 bits per heavy atom. The van der Waals surface area contributed by atoms with E-state index in [1.54, 1.807) is 43.6 Å². The lowest BCUT2D eigenvalue weighted by molar-refractivity contribution is 0.103. The minimum Gasteiger partial charge on any atom is -0.378 e. The Bertz CT molecular complexity index is 743. The maximum Gasteiger partial charge on any atom is 0.241 e. The molecule has 0 saturated carbocycles. The van der Waals surface area contributed by atoms with Crippen LogP contribution in [0.25, 0.3) is 10.9 Å². The van der Waals surface area contributed by atoms with Gasteiger partial charge in [-0.15, -0.1) is 0 Å². The van der Waals surface area contributed by atoms with E-state index in [0.717, 1.165) is 0 Å². The Hall–Kier alpha value is -1.54. The molecule has 1 fully saturated rings. The molecule has 3 rings (SSSR count). The van der Waals surface area contributed by atoms with Crippen molar-refractivity contribution in [2.24, 2.45) is 0 Å². The topological polar surface area (TPSA) is 80.3 Å². The van der Waals surface area contributed by atoms with Gasteiger partial charge in [-0.2, -0.15) is 0 Å². The highest BCUT2D eigenvalue weighted by atomic mass is 32.2. The van der Waals surface area contributed by atoms with Crippen LogP contribution < -0.4 is 10.0 Å². The lowest BCUT2D eigenvalue weighted by atomic mass is 10.2. The second-order valence-corrected chi connectivity index (χ2v) is 6.67. The summed E-state index contributed by atoms with van der Waals surface area (Å²) in [5.41, 5.74) is 0.660. The normalized spacial score (nSPS) is 22.7. The van der Waals surface area contributed by atoms with Crippen molar-refractivity contribution in [3.8, 4) is 0 Å². The van der Waals surface area contributed by atoms with Crippen LogP contribution in [0.1, 0.15) is 0 Å². The van der Waals surface area contributed by atoms with Gasteiger partial charge in [-0.1, -0.05) is 6.07 Å². The fourth-order valence-corrected chi connectivity index (χ4v) is 4.07. The summed E-state index contributed by atoms with van der Waals surface area (Å²) >= 11 is 0. The zero-order chi connectivity index (χ0) is 14.9. The van der Waals surface area contributed by atoms with Gasteiger partial charge < -0.3 is 10.1 Å². The number of rotatable bonds is 4. The fourth-order valence-electron chi connectivity index (χ4n) is 2.59. The summed E-state index contributed by atoms with van der Waals surface area (Å²) < 4.78 is 33.3. The molecule has 2 aromatic rings. The van der Waals surface area contributed by atoms with Crippen molar-refractivity contribution in [1.82, 2.24) is 15.0 Å². The van der Waals surface area contributed by atoms with Gasteiger partial charge in [-0.3, -0.25) is 4.98 Å². The number of fused-ring (bicyclic) bond motifs is 1.